The van der Waals surface area contributed by atoms with Gasteiger partial charge in [0.2, 0.25) is 0 Å². The molecular formula is C18H28FN. The van der Waals surface area contributed by atoms with Crippen LogP contribution in [0.1, 0.15) is 45.6 Å². The molecule has 1 fully saturated rings. The Morgan fingerprint density at radius 3 is 2.45 bits per heavy atom. The average Bonchev–Trinajstić information content (AvgIpc) is 2.44. The van der Waals surface area contributed by atoms with Crippen molar-refractivity contribution >= 4 is 0 Å². The summed E-state index contributed by atoms with van der Waals surface area (Å²) >= 11 is 0. The molecule has 2 rings (SSSR count). The smallest absolute Gasteiger partial charge is 0.123 e. The van der Waals surface area contributed by atoms with Gasteiger partial charge in [-0.25, -0.2) is 4.39 Å². The molecule has 0 radical (unpaired) electrons. The molecule has 1 N–H and O–H groups in total. The van der Waals surface area contributed by atoms with Crippen molar-refractivity contribution in [1.29, 1.82) is 0 Å². The third kappa shape index (κ3) is 4.05. The lowest BCUT2D eigenvalue weighted by molar-refractivity contribution is 0.171. The third-order valence-corrected chi connectivity index (χ3v) is 5.04. The maximum atomic E-state index is 13.0. The number of nitrogens with one attached hydrogen (secondary N) is 1. The van der Waals surface area contributed by atoms with Gasteiger partial charge in [0.05, 0.1) is 0 Å². The second kappa shape index (κ2) is 7.21. The molecule has 4 atom stereocenters. The van der Waals surface area contributed by atoms with Crippen LogP contribution in [-0.2, 0) is 6.42 Å². The molecule has 20 heavy (non-hydrogen) atoms. The van der Waals surface area contributed by atoms with Crippen LogP contribution in [0.5, 0.6) is 0 Å². The monoisotopic (exact) mass is 277 g/mol. The second-order valence-electron chi connectivity index (χ2n) is 6.52. The molecule has 112 valence electrons. The van der Waals surface area contributed by atoms with E-state index >= 15 is 0 Å². The summed E-state index contributed by atoms with van der Waals surface area (Å²) in [7, 11) is 0. The Hall–Kier alpha value is -0.890. The van der Waals surface area contributed by atoms with E-state index in [0.717, 1.165) is 30.7 Å². The van der Waals surface area contributed by atoms with Gasteiger partial charge in [-0.15, -0.1) is 0 Å². The fraction of sp³-hybridized carbons (Fsp3) is 0.667. The third-order valence-electron chi connectivity index (χ3n) is 5.04. The van der Waals surface area contributed by atoms with Crippen LogP contribution in [0.4, 0.5) is 4.39 Å². The van der Waals surface area contributed by atoms with E-state index in [-0.39, 0.29) is 5.82 Å². The van der Waals surface area contributed by atoms with Gasteiger partial charge in [0.1, 0.15) is 5.82 Å². The van der Waals surface area contributed by atoms with E-state index in [1.807, 2.05) is 12.1 Å². The molecule has 0 saturated heterocycles. The Bertz CT molecular complexity index is 400. The van der Waals surface area contributed by atoms with Gasteiger partial charge in [0, 0.05) is 6.04 Å². The summed E-state index contributed by atoms with van der Waals surface area (Å²) in [6.45, 7) is 7.94. The van der Waals surface area contributed by atoms with E-state index in [4.69, 9.17) is 0 Å². The molecule has 0 bridgehead atoms. The Kier molecular flexibility index (Phi) is 5.59. The number of benzene rings is 1. The van der Waals surface area contributed by atoms with Gasteiger partial charge in [-0.05, 0) is 61.3 Å². The van der Waals surface area contributed by atoms with Crippen molar-refractivity contribution in [3.8, 4) is 0 Å². The molecule has 0 amide bonds. The quantitative estimate of drug-likeness (QED) is 0.840. The molecule has 0 heterocycles. The second-order valence-corrected chi connectivity index (χ2v) is 6.52. The lowest BCUT2D eigenvalue weighted by atomic mass is 9.72. The SMILES string of the molecule is CCNC(Cc1ccc(F)cc1)C1CCC(C)C(C)C1. The molecule has 1 aromatic carbocycles. The number of likely N-dealkylation sites (N-methyl/N-ethyl adjacent to an activating group) is 1. The van der Waals surface area contributed by atoms with E-state index in [1.165, 1.54) is 24.8 Å². The Morgan fingerprint density at radius 2 is 1.85 bits per heavy atom. The van der Waals surface area contributed by atoms with Crippen molar-refractivity contribution < 1.29 is 4.39 Å². The van der Waals surface area contributed by atoms with E-state index in [0.29, 0.717) is 6.04 Å². The van der Waals surface area contributed by atoms with Crippen molar-refractivity contribution in [3.63, 3.8) is 0 Å². The summed E-state index contributed by atoms with van der Waals surface area (Å²) in [5, 5.41) is 3.66. The highest BCUT2D eigenvalue weighted by Gasteiger charge is 2.29. The van der Waals surface area contributed by atoms with E-state index < -0.39 is 0 Å². The summed E-state index contributed by atoms with van der Waals surface area (Å²) in [5.41, 5.74) is 1.24. The molecule has 1 aliphatic carbocycles. The maximum absolute atomic E-state index is 13.0. The molecule has 1 saturated carbocycles. The van der Waals surface area contributed by atoms with E-state index in [1.54, 1.807) is 12.1 Å². The van der Waals surface area contributed by atoms with Crippen LogP contribution in [0.15, 0.2) is 24.3 Å². The number of rotatable bonds is 5. The number of halogens is 1. The Morgan fingerprint density at radius 1 is 1.15 bits per heavy atom. The number of hydrogen-bond acceptors (Lipinski definition) is 1. The predicted octanol–water partition coefficient (Wildman–Crippen LogP) is 4.42. The molecular weight excluding hydrogens is 249 g/mol. The molecule has 2 heteroatoms. The van der Waals surface area contributed by atoms with Crippen LogP contribution in [0.3, 0.4) is 0 Å². The first kappa shape index (κ1) is 15.5. The van der Waals surface area contributed by atoms with Crippen LogP contribution in [0.25, 0.3) is 0 Å². The van der Waals surface area contributed by atoms with Crippen LogP contribution >= 0.6 is 0 Å². The summed E-state index contributed by atoms with van der Waals surface area (Å²) in [6, 6.07) is 7.53. The van der Waals surface area contributed by atoms with E-state index in [9.17, 15) is 4.39 Å². The van der Waals surface area contributed by atoms with Crippen LogP contribution in [0, 0.1) is 23.6 Å². The molecule has 1 aromatic rings. The van der Waals surface area contributed by atoms with Gasteiger partial charge in [0.15, 0.2) is 0 Å². The normalized spacial score (nSPS) is 28.3. The van der Waals surface area contributed by atoms with Gasteiger partial charge in [-0.1, -0.05) is 39.3 Å². The van der Waals surface area contributed by atoms with E-state index in [2.05, 4.69) is 26.1 Å². The zero-order valence-corrected chi connectivity index (χ0v) is 13.0. The van der Waals surface area contributed by atoms with Gasteiger partial charge < -0.3 is 5.32 Å². The van der Waals surface area contributed by atoms with Crippen molar-refractivity contribution in [1.82, 2.24) is 5.32 Å². The molecule has 4 unspecified atom stereocenters. The Balaban J connectivity index is 2.01. The zero-order chi connectivity index (χ0) is 14.5. The van der Waals surface area contributed by atoms with Gasteiger partial charge >= 0.3 is 0 Å². The van der Waals surface area contributed by atoms with Crippen LogP contribution in [-0.4, -0.2) is 12.6 Å². The Labute approximate surface area is 123 Å². The molecule has 0 aromatic heterocycles. The summed E-state index contributed by atoms with van der Waals surface area (Å²) in [4.78, 5) is 0. The summed E-state index contributed by atoms with van der Waals surface area (Å²) in [5.74, 6) is 2.29. The highest BCUT2D eigenvalue weighted by atomic mass is 19.1. The number of hydrogen-bond donors (Lipinski definition) is 1. The predicted molar refractivity (Wildman–Crippen MR) is 83.2 cm³/mol. The summed E-state index contributed by atoms with van der Waals surface area (Å²) < 4.78 is 13.0. The minimum Gasteiger partial charge on any atom is -0.314 e. The highest BCUT2D eigenvalue weighted by Crippen LogP contribution is 2.35. The lowest BCUT2D eigenvalue weighted by Gasteiger charge is -2.37. The highest BCUT2D eigenvalue weighted by molar-refractivity contribution is 5.17. The molecule has 1 nitrogen and oxygen atoms in total. The fourth-order valence-corrected chi connectivity index (χ4v) is 3.50. The van der Waals surface area contributed by atoms with Crippen molar-refractivity contribution in [2.45, 2.75) is 52.5 Å². The van der Waals surface area contributed by atoms with Gasteiger partial charge in [-0.3, -0.25) is 0 Å². The van der Waals surface area contributed by atoms with Crippen molar-refractivity contribution in [2.75, 3.05) is 6.54 Å². The minimum absolute atomic E-state index is 0.145. The molecule has 0 aliphatic heterocycles. The fourth-order valence-electron chi connectivity index (χ4n) is 3.50. The maximum Gasteiger partial charge on any atom is 0.123 e. The zero-order valence-electron chi connectivity index (χ0n) is 13.0. The molecule has 1 aliphatic rings. The molecule has 0 spiro atoms. The van der Waals surface area contributed by atoms with Crippen LogP contribution in [0.2, 0.25) is 0 Å². The van der Waals surface area contributed by atoms with Crippen molar-refractivity contribution in [2.24, 2.45) is 17.8 Å². The lowest BCUT2D eigenvalue weighted by Crippen LogP contribution is -2.41. The van der Waals surface area contributed by atoms with Gasteiger partial charge in [0.25, 0.3) is 0 Å². The first-order chi connectivity index (χ1) is 9.60. The first-order valence-corrected chi connectivity index (χ1v) is 8.08. The van der Waals surface area contributed by atoms with Crippen molar-refractivity contribution in [3.05, 3.63) is 35.6 Å². The first-order valence-electron chi connectivity index (χ1n) is 8.08. The average molecular weight is 277 g/mol. The summed E-state index contributed by atoms with van der Waals surface area (Å²) in [6.07, 6.45) is 5.00. The van der Waals surface area contributed by atoms with Crippen LogP contribution < -0.4 is 5.32 Å². The minimum atomic E-state index is -0.145. The van der Waals surface area contributed by atoms with Gasteiger partial charge in [-0.2, -0.15) is 0 Å². The standard InChI is InChI=1S/C18H28FN/c1-4-20-18(12-15-6-9-17(19)10-7-15)16-8-5-13(2)14(3)11-16/h6-7,9-10,13-14,16,18,20H,4-5,8,11-12H2,1-3H3. The topological polar surface area (TPSA) is 12.0 Å². The largest absolute Gasteiger partial charge is 0.314 e.